The molecule has 0 saturated carbocycles. The Labute approximate surface area is 167 Å². The smallest absolute Gasteiger partial charge is 0.317 e. The molecule has 0 aliphatic carbocycles. The average molecular weight is 399 g/mol. The molecule has 0 bridgehead atoms. The van der Waals surface area contributed by atoms with E-state index in [4.69, 9.17) is 0 Å². The zero-order valence-corrected chi connectivity index (χ0v) is 15.9. The Morgan fingerprint density at radius 3 is 2.34 bits per heavy atom. The maximum absolute atomic E-state index is 12.9. The highest BCUT2D eigenvalue weighted by atomic mass is 19.1. The second kappa shape index (κ2) is 8.30. The van der Waals surface area contributed by atoms with Crippen LogP contribution in [0.5, 0.6) is 0 Å². The quantitative estimate of drug-likeness (QED) is 0.720. The third-order valence-electron chi connectivity index (χ3n) is 5.04. The van der Waals surface area contributed by atoms with Gasteiger partial charge >= 0.3 is 12.0 Å². The summed E-state index contributed by atoms with van der Waals surface area (Å²) < 4.78 is 12.9. The summed E-state index contributed by atoms with van der Waals surface area (Å²) in [5, 5.41) is 14.7. The molecule has 2 aromatic carbocycles. The van der Waals surface area contributed by atoms with Crippen molar-refractivity contribution in [1.82, 2.24) is 10.2 Å². The third-order valence-corrected chi connectivity index (χ3v) is 5.04. The van der Waals surface area contributed by atoms with E-state index >= 15 is 0 Å². The molecule has 29 heavy (non-hydrogen) atoms. The molecule has 8 heteroatoms. The zero-order chi connectivity index (χ0) is 21.0. The molecule has 2 aromatic rings. The molecule has 7 nitrogen and oxygen atoms in total. The van der Waals surface area contributed by atoms with Gasteiger partial charge in [0.25, 0.3) is 5.91 Å². The van der Waals surface area contributed by atoms with Gasteiger partial charge in [-0.05, 0) is 55.3 Å². The molecular formula is C21H22FN3O4. The highest BCUT2D eigenvalue weighted by Gasteiger charge is 2.42. The van der Waals surface area contributed by atoms with Crippen LogP contribution in [-0.2, 0) is 11.3 Å². The van der Waals surface area contributed by atoms with E-state index in [9.17, 15) is 23.9 Å². The van der Waals surface area contributed by atoms with Crippen LogP contribution in [0.15, 0.2) is 48.5 Å². The molecule has 1 aliphatic rings. The number of hydrogen-bond donors (Lipinski definition) is 3. The zero-order valence-electron chi connectivity index (χ0n) is 15.9. The number of carbonyl (C=O) groups excluding carboxylic acids is 2. The Bertz CT molecular complexity index is 915. The van der Waals surface area contributed by atoms with Crippen molar-refractivity contribution in [3.63, 3.8) is 0 Å². The van der Waals surface area contributed by atoms with Gasteiger partial charge in [0.05, 0.1) is 5.41 Å². The number of nitrogens with zero attached hydrogens (tertiary/aromatic N) is 1. The summed E-state index contributed by atoms with van der Waals surface area (Å²) in [4.78, 5) is 37.3. The van der Waals surface area contributed by atoms with Crippen molar-refractivity contribution in [3.8, 4) is 0 Å². The molecule has 152 valence electrons. The maximum Gasteiger partial charge on any atom is 0.317 e. The van der Waals surface area contributed by atoms with Crippen LogP contribution in [0.25, 0.3) is 0 Å². The minimum atomic E-state index is -0.906. The topological polar surface area (TPSA) is 98.7 Å². The molecule has 3 N–H and O–H groups in total. The van der Waals surface area contributed by atoms with E-state index in [0.717, 1.165) is 5.56 Å². The van der Waals surface area contributed by atoms with Gasteiger partial charge in [0, 0.05) is 30.9 Å². The molecule has 0 aromatic heterocycles. The van der Waals surface area contributed by atoms with Gasteiger partial charge < -0.3 is 20.6 Å². The van der Waals surface area contributed by atoms with E-state index in [2.05, 4.69) is 10.6 Å². The number of likely N-dealkylation sites (tertiary alicyclic amines) is 1. The summed E-state index contributed by atoms with van der Waals surface area (Å²) in [5.41, 5.74) is 0.821. The average Bonchev–Trinajstić information content (AvgIpc) is 3.12. The molecule has 1 heterocycles. The number of urea groups is 1. The normalized spacial score (nSPS) is 18.3. The lowest BCUT2D eigenvalue weighted by atomic mass is 9.90. The Morgan fingerprint density at radius 2 is 1.76 bits per heavy atom. The molecule has 3 rings (SSSR count). The Kier molecular flexibility index (Phi) is 5.81. The molecule has 1 aliphatic heterocycles. The van der Waals surface area contributed by atoms with Crippen molar-refractivity contribution in [3.05, 3.63) is 65.5 Å². The molecule has 3 amide bonds. The van der Waals surface area contributed by atoms with E-state index < -0.39 is 11.4 Å². The van der Waals surface area contributed by atoms with E-state index in [1.165, 1.54) is 29.2 Å². The lowest BCUT2D eigenvalue weighted by molar-refractivity contribution is -0.147. The SMILES string of the molecule is CC1(C(=O)O)CCN(C(=O)NCc2ccc(C(=O)Nc3ccc(F)cc3)cc2)C1. The molecule has 0 spiro atoms. The minimum Gasteiger partial charge on any atom is -0.481 e. The lowest BCUT2D eigenvalue weighted by Crippen LogP contribution is -2.40. The van der Waals surface area contributed by atoms with E-state index in [1.54, 1.807) is 31.2 Å². The van der Waals surface area contributed by atoms with Crippen molar-refractivity contribution in [2.45, 2.75) is 19.9 Å². The molecular weight excluding hydrogens is 377 g/mol. The van der Waals surface area contributed by atoms with E-state index in [0.29, 0.717) is 24.2 Å². The molecule has 1 unspecified atom stereocenters. The van der Waals surface area contributed by atoms with E-state index in [-0.39, 0.29) is 30.8 Å². The molecule has 1 fully saturated rings. The van der Waals surface area contributed by atoms with Crippen LogP contribution in [0.4, 0.5) is 14.9 Å². The van der Waals surface area contributed by atoms with Crippen LogP contribution >= 0.6 is 0 Å². The number of amides is 3. The number of carboxylic acids is 1. The molecule has 0 radical (unpaired) electrons. The number of benzene rings is 2. The Hall–Kier alpha value is -3.42. The molecule has 1 saturated heterocycles. The van der Waals surface area contributed by atoms with Crippen molar-refractivity contribution >= 4 is 23.6 Å². The number of rotatable bonds is 5. The van der Waals surface area contributed by atoms with Crippen molar-refractivity contribution in [1.29, 1.82) is 0 Å². The predicted molar refractivity (Wildman–Crippen MR) is 105 cm³/mol. The van der Waals surface area contributed by atoms with E-state index in [1.807, 2.05) is 0 Å². The van der Waals surface area contributed by atoms with Crippen LogP contribution in [0.2, 0.25) is 0 Å². The monoisotopic (exact) mass is 399 g/mol. The van der Waals surface area contributed by atoms with Crippen molar-refractivity contribution in [2.24, 2.45) is 5.41 Å². The van der Waals surface area contributed by atoms with Gasteiger partial charge in [-0.15, -0.1) is 0 Å². The maximum atomic E-state index is 12.9. The van der Waals surface area contributed by atoms with Crippen LogP contribution in [0.3, 0.4) is 0 Å². The standard InChI is InChI=1S/C21H22FN3O4/c1-21(19(27)28)10-11-25(13-21)20(29)23-12-14-2-4-15(5-3-14)18(26)24-17-8-6-16(22)7-9-17/h2-9H,10-13H2,1H3,(H,23,29)(H,24,26)(H,27,28). The van der Waals surface area contributed by atoms with Gasteiger partial charge in [0.1, 0.15) is 5.82 Å². The fraction of sp³-hybridized carbons (Fsp3) is 0.286. The summed E-state index contributed by atoms with van der Waals surface area (Å²) in [6, 6.07) is 11.9. The van der Waals surface area contributed by atoms with Crippen molar-refractivity contribution in [2.75, 3.05) is 18.4 Å². The number of carbonyl (C=O) groups is 3. The summed E-state index contributed by atoms with van der Waals surface area (Å²) >= 11 is 0. The largest absolute Gasteiger partial charge is 0.481 e. The van der Waals surface area contributed by atoms with Gasteiger partial charge in [-0.25, -0.2) is 9.18 Å². The van der Waals surface area contributed by atoms with Crippen molar-refractivity contribution < 1.29 is 23.9 Å². The second-order valence-electron chi connectivity index (χ2n) is 7.35. The summed E-state index contributed by atoms with van der Waals surface area (Å²) in [6.07, 6.45) is 0.424. The number of carboxylic acid groups (broad SMARTS) is 1. The van der Waals surface area contributed by atoms with Crippen LogP contribution in [-0.4, -0.2) is 41.0 Å². The second-order valence-corrected chi connectivity index (χ2v) is 7.35. The number of anilines is 1. The highest BCUT2D eigenvalue weighted by molar-refractivity contribution is 6.04. The Morgan fingerprint density at radius 1 is 1.10 bits per heavy atom. The van der Waals surface area contributed by atoms with Crippen LogP contribution in [0.1, 0.15) is 29.3 Å². The van der Waals surface area contributed by atoms with Gasteiger partial charge in [0.15, 0.2) is 0 Å². The van der Waals surface area contributed by atoms with Gasteiger partial charge in [-0.3, -0.25) is 9.59 Å². The Balaban J connectivity index is 1.51. The van der Waals surface area contributed by atoms with Crippen LogP contribution in [0, 0.1) is 11.2 Å². The number of aliphatic carboxylic acids is 1. The lowest BCUT2D eigenvalue weighted by Gasteiger charge is -2.20. The summed E-state index contributed by atoms with van der Waals surface area (Å²) in [7, 11) is 0. The fourth-order valence-corrected chi connectivity index (χ4v) is 3.11. The minimum absolute atomic E-state index is 0.177. The first-order chi connectivity index (χ1) is 13.8. The number of halogens is 1. The summed E-state index contributed by atoms with van der Waals surface area (Å²) in [6.45, 7) is 2.48. The first-order valence-corrected chi connectivity index (χ1v) is 9.19. The van der Waals surface area contributed by atoms with Crippen LogP contribution < -0.4 is 10.6 Å². The highest BCUT2D eigenvalue weighted by Crippen LogP contribution is 2.30. The predicted octanol–water partition coefficient (Wildman–Crippen LogP) is 3.08. The number of hydrogen-bond acceptors (Lipinski definition) is 3. The summed E-state index contributed by atoms with van der Waals surface area (Å²) in [5.74, 6) is -1.60. The first kappa shape index (κ1) is 20.3. The fourth-order valence-electron chi connectivity index (χ4n) is 3.11. The van der Waals surface area contributed by atoms with Gasteiger partial charge in [-0.2, -0.15) is 0 Å². The molecule has 1 atom stereocenters. The number of nitrogens with one attached hydrogen (secondary N) is 2. The first-order valence-electron chi connectivity index (χ1n) is 9.19. The van der Waals surface area contributed by atoms with Gasteiger partial charge in [-0.1, -0.05) is 12.1 Å². The van der Waals surface area contributed by atoms with Gasteiger partial charge in [0.2, 0.25) is 0 Å². The third kappa shape index (κ3) is 4.90.